The van der Waals surface area contributed by atoms with E-state index in [2.05, 4.69) is 54.0 Å². The van der Waals surface area contributed by atoms with Gasteiger partial charge >= 0.3 is 0 Å². The van der Waals surface area contributed by atoms with E-state index in [0.717, 1.165) is 19.3 Å². The van der Waals surface area contributed by atoms with Gasteiger partial charge in [-0.3, -0.25) is 4.79 Å². The summed E-state index contributed by atoms with van der Waals surface area (Å²) in [5.41, 5.74) is 3.73. The van der Waals surface area contributed by atoms with Crippen LogP contribution >= 0.6 is 0 Å². The molecule has 2 aromatic carbocycles. The standard InChI is InChI=1S/C21H26N2O2/c1-16(13-22-14-21(25)23-17(2)15-24)12-18-8-10-20(11-9-18)19-6-4-3-5-7-19/h3-11,15-17,22H,12-14H2,1-2H3,(H,23,25)/t16-,17+/m1/s1. The third-order valence-corrected chi connectivity index (χ3v) is 4.02. The van der Waals surface area contributed by atoms with E-state index in [9.17, 15) is 9.59 Å². The van der Waals surface area contributed by atoms with Crippen molar-refractivity contribution in [1.82, 2.24) is 10.6 Å². The van der Waals surface area contributed by atoms with Crippen molar-refractivity contribution in [2.24, 2.45) is 5.92 Å². The quantitative estimate of drug-likeness (QED) is 0.691. The molecule has 4 nitrogen and oxygen atoms in total. The summed E-state index contributed by atoms with van der Waals surface area (Å²) >= 11 is 0. The maximum absolute atomic E-state index is 11.6. The molecule has 1 amide bonds. The lowest BCUT2D eigenvalue weighted by Gasteiger charge is -2.14. The number of aldehydes is 1. The highest BCUT2D eigenvalue weighted by Gasteiger charge is 2.08. The van der Waals surface area contributed by atoms with Crippen LogP contribution in [0.15, 0.2) is 54.6 Å². The third kappa shape index (κ3) is 6.51. The van der Waals surface area contributed by atoms with Crippen LogP contribution < -0.4 is 10.6 Å². The van der Waals surface area contributed by atoms with E-state index >= 15 is 0 Å². The molecule has 132 valence electrons. The molecule has 0 saturated carbocycles. The van der Waals surface area contributed by atoms with Gasteiger partial charge in [-0.1, -0.05) is 61.5 Å². The summed E-state index contributed by atoms with van der Waals surface area (Å²) in [5, 5.41) is 5.75. The van der Waals surface area contributed by atoms with Gasteiger partial charge in [0.25, 0.3) is 0 Å². The Kier molecular flexibility index (Phi) is 7.36. The van der Waals surface area contributed by atoms with Gasteiger partial charge in [0.2, 0.25) is 5.91 Å². The lowest BCUT2D eigenvalue weighted by molar-refractivity contribution is -0.123. The maximum atomic E-state index is 11.6. The smallest absolute Gasteiger partial charge is 0.234 e. The van der Waals surface area contributed by atoms with Gasteiger partial charge < -0.3 is 15.4 Å². The molecule has 0 spiro atoms. The highest BCUT2D eigenvalue weighted by atomic mass is 16.2. The first-order chi connectivity index (χ1) is 12.1. The number of nitrogens with one attached hydrogen (secondary N) is 2. The fourth-order valence-corrected chi connectivity index (χ4v) is 2.71. The van der Waals surface area contributed by atoms with Crippen molar-refractivity contribution in [3.63, 3.8) is 0 Å². The molecule has 0 aliphatic heterocycles. The molecule has 0 aliphatic rings. The second-order valence-corrected chi connectivity index (χ2v) is 6.50. The van der Waals surface area contributed by atoms with E-state index in [1.165, 1.54) is 16.7 Å². The van der Waals surface area contributed by atoms with Gasteiger partial charge in [0.1, 0.15) is 6.29 Å². The lowest BCUT2D eigenvalue weighted by Crippen LogP contribution is -2.40. The summed E-state index contributed by atoms with van der Waals surface area (Å²) in [5.74, 6) is 0.262. The van der Waals surface area contributed by atoms with Crippen molar-refractivity contribution in [3.05, 3.63) is 60.2 Å². The minimum Gasteiger partial charge on any atom is -0.346 e. The monoisotopic (exact) mass is 338 g/mol. The fourth-order valence-electron chi connectivity index (χ4n) is 2.71. The lowest BCUT2D eigenvalue weighted by atomic mass is 9.98. The summed E-state index contributed by atoms with van der Waals surface area (Å²) < 4.78 is 0. The molecular formula is C21H26N2O2. The first-order valence-corrected chi connectivity index (χ1v) is 8.68. The van der Waals surface area contributed by atoms with Gasteiger partial charge in [-0.15, -0.1) is 0 Å². The number of hydrogen-bond acceptors (Lipinski definition) is 3. The summed E-state index contributed by atoms with van der Waals surface area (Å²) in [6.45, 7) is 4.80. The van der Waals surface area contributed by atoms with Crippen LogP contribution in [0.5, 0.6) is 0 Å². The normalized spacial score (nSPS) is 13.0. The first kappa shape index (κ1) is 18.9. The van der Waals surface area contributed by atoms with Crippen LogP contribution in [-0.2, 0) is 16.0 Å². The van der Waals surface area contributed by atoms with Gasteiger partial charge in [-0.05, 0) is 42.5 Å². The van der Waals surface area contributed by atoms with Crippen molar-refractivity contribution in [1.29, 1.82) is 0 Å². The molecule has 0 saturated heterocycles. The molecule has 25 heavy (non-hydrogen) atoms. The van der Waals surface area contributed by atoms with E-state index in [1.54, 1.807) is 6.92 Å². The van der Waals surface area contributed by atoms with Crippen molar-refractivity contribution in [2.45, 2.75) is 26.3 Å². The van der Waals surface area contributed by atoms with Crippen LogP contribution in [0.25, 0.3) is 11.1 Å². The van der Waals surface area contributed by atoms with E-state index in [0.29, 0.717) is 5.92 Å². The van der Waals surface area contributed by atoms with Crippen LogP contribution in [0, 0.1) is 5.92 Å². The second kappa shape index (κ2) is 9.74. The van der Waals surface area contributed by atoms with E-state index < -0.39 is 6.04 Å². The Hall–Kier alpha value is -2.46. The Morgan fingerprint density at radius 1 is 1.00 bits per heavy atom. The van der Waals surface area contributed by atoms with Crippen LogP contribution in [0.4, 0.5) is 0 Å². The Labute approximate surface area is 149 Å². The molecule has 0 fully saturated rings. The first-order valence-electron chi connectivity index (χ1n) is 8.68. The van der Waals surface area contributed by atoms with Crippen molar-refractivity contribution >= 4 is 12.2 Å². The van der Waals surface area contributed by atoms with Crippen LogP contribution in [-0.4, -0.2) is 31.3 Å². The van der Waals surface area contributed by atoms with E-state index in [-0.39, 0.29) is 12.5 Å². The van der Waals surface area contributed by atoms with Gasteiger partial charge in [0.15, 0.2) is 0 Å². The molecule has 2 aromatic rings. The molecule has 0 unspecified atom stereocenters. The molecule has 2 N–H and O–H groups in total. The number of carbonyl (C=O) groups is 2. The van der Waals surface area contributed by atoms with Crippen molar-refractivity contribution in [2.75, 3.05) is 13.1 Å². The zero-order valence-electron chi connectivity index (χ0n) is 14.9. The highest BCUT2D eigenvalue weighted by Crippen LogP contribution is 2.20. The van der Waals surface area contributed by atoms with E-state index in [1.807, 2.05) is 18.2 Å². The summed E-state index contributed by atoms with van der Waals surface area (Å²) in [4.78, 5) is 22.1. The topological polar surface area (TPSA) is 58.2 Å². The van der Waals surface area contributed by atoms with Gasteiger partial charge in [-0.25, -0.2) is 0 Å². The maximum Gasteiger partial charge on any atom is 0.234 e. The van der Waals surface area contributed by atoms with Crippen molar-refractivity contribution in [3.8, 4) is 11.1 Å². The Morgan fingerprint density at radius 3 is 2.28 bits per heavy atom. The Balaban J connectivity index is 1.76. The molecule has 0 aromatic heterocycles. The molecule has 0 heterocycles. The average Bonchev–Trinajstić information content (AvgIpc) is 2.63. The summed E-state index contributed by atoms with van der Waals surface area (Å²) in [6, 6.07) is 18.5. The van der Waals surface area contributed by atoms with Gasteiger partial charge in [-0.2, -0.15) is 0 Å². The predicted octanol–water partition coefficient (Wildman–Crippen LogP) is 2.83. The van der Waals surface area contributed by atoms with Crippen LogP contribution in [0.1, 0.15) is 19.4 Å². The molecular weight excluding hydrogens is 312 g/mol. The number of amides is 1. The molecule has 0 aliphatic carbocycles. The molecule has 0 bridgehead atoms. The van der Waals surface area contributed by atoms with Crippen molar-refractivity contribution < 1.29 is 9.59 Å². The minimum absolute atomic E-state index is 0.154. The predicted molar refractivity (Wildman–Crippen MR) is 101 cm³/mol. The molecule has 4 heteroatoms. The zero-order valence-corrected chi connectivity index (χ0v) is 14.9. The van der Waals surface area contributed by atoms with E-state index in [4.69, 9.17) is 0 Å². The third-order valence-electron chi connectivity index (χ3n) is 4.02. The Morgan fingerprint density at radius 2 is 1.64 bits per heavy atom. The Bertz CT molecular complexity index is 668. The van der Waals surface area contributed by atoms with Crippen LogP contribution in [0.3, 0.4) is 0 Å². The number of rotatable bonds is 9. The number of hydrogen-bond donors (Lipinski definition) is 2. The fraction of sp³-hybridized carbons (Fsp3) is 0.333. The summed E-state index contributed by atoms with van der Waals surface area (Å²) in [7, 11) is 0. The zero-order chi connectivity index (χ0) is 18.1. The largest absolute Gasteiger partial charge is 0.346 e. The number of carbonyl (C=O) groups excluding carboxylic acids is 2. The average molecular weight is 338 g/mol. The highest BCUT2D eigenvalue weighted by molar-refractivity contribution is 5.81. The van der Waals surface area contributed by atoms with Gasteiger partial charge in [0, 0.05) is 0 Å². The molecule has 0 radical (unpaired) electrons. The molecule has 2 atom stereocenters. The summed E-state index contributed by atoms with van der Waals surface area (Å²) in [6.07, 6.45) is 1.67. The molecule has 2 rings (SSSR count). The van der Waals surface area contributed by atoms with Gasteiger partial charge in [0.05, 0.1) is 12.6 Å². The SMILES string of the molecule is C[C@@H](CNCC(=O)N[C@@H](C)C=O)Cc1ccc(-c2ccccc2)cc1. The number of benzene rings is 2. The minimum atomic E-state index is -0.435. The van der Waals surface area contributed by atoms with Crippen LogP contribution in [0.2, 0.25) is 0 Å². The second-order valence-electron chi connectivity index (χ2n) is 6.50.